The number of halogens is 1. The molecule has 10 heteroatoms. The van der Waals surface area contributed by atoms with Crippen molar-refractivity contribution in [3.8, 4) is 17.2 Å². The predicted octanol–water partition coefficient (Wildman–Crippen LogP) is 4.30. The summed E-state index contributed by atoms with van der Waals surface area (Å²) >= 11 is 0. The van der Waals surface area contributed by atoms with Crippen LogP contribution in [-0.4, -0.2) is 68.1 Å². The monoisotopic (exact) mass is 509 g/mol. The molecule has 0 radical (unpaired) electrons. The lowest BCUT2D eigenvalue weighted by atomic mass is 10.0. The van der Waals surface area contributed by atoms with Crippen molar-refractivity contribution in [2.75, 3.05) is 57.7 Å². The van der Waals surface area contributed by atoms with Crippen molar-refractivity contribution in [2.24, 2.45) is 0 Å². The van der Waals surface area contributed by atoms with E-state index in [0.29, 0.717) is 23.7 Å². The Balaban J connectivity index is 1.41. The number of hydrogen-bond acceptors (Lipinski definition) is 9. The highest BCUT2D eigenvalue weighted by molar-refractivity contribution is 5.96. The third kappa shape index (κ3) is 6.26. The molecule has 0 saturated carbocycles. The zero-order chi connectivity index (χ0) is 26.4. The van der Waals surface area contributed by atoms with Crippen LogP contribution >= 0.6 is 0 Å². The van der Waals surface area contributed by atoms with E-state index >= 15 is 0 Å². The van der Waals surface area contributed by atoms with Gasteiger partial charge >= 0.3 is 0 Å². The quantitative estimate of drug-likeness (QED) is 0.402. The van der Waals surface area contributed by atoms with E-state index in [-0.39, 0.29) is 23.7 Å². The lowest BCUT2D eigenvalue weighted by Gasteiger charge is -2.34. The number of rotatable bonds is 10. The predicted molar refractivity (Wildman–Crippen MR) is 140 cm³/mol. The summed E-state index contributed by atoms with van der Waals surface area (Å²) in [6, 6.07) is 8.80. The minimum absolute atomic E-state index is 0.00256. The van der Waals surface area contributed by atoms with Crippen molar-refractivity contribution < 1.29 is 23.4 Å². The van der Waals surface area contributed by atoms with Crippen LogP contribution in [0.5, 0.6) is 17.2 Å². The molecule has 1 N–H and O–H groups in total. The number of benzene rings is 2. The Morgan fingerprint density at radius 2 is 1.73 bits per heavy atom. The van der Waals surface area contributed by atoms with Gasteiger partial charge in [0, 0.05) is 55.5 Å². The van der Waals surface area contributed by atoms with E-state index in [2.05, 4.69) is 32.1 Å². The fraction of sp³-hybridized carbons (Fsp3) is 0.370. The molecule has 1 fully saturated rings. The van der Waals surface area contributed by atoms with E-state index < -0.39 is 5.82 Å². The molecule has 0 aliphatic carbocycles. The summed E-state index contributed by atoms with van der Waals surface area (Å²) in [6.45, 7) is 5.55. The van der Waals surface area contributed by atoms with Gasteiger partial charge in [-0.15, -0.1) is 0 Å². The Kier molecular flexibility index (Phi) is 8.39. The number of likely N-dealkylation sites (N-methyl/N-ethyl adjacent to an activating group) is 1. The highest BCUT2D eigenvalue weighted by Crippen LogP contribution is 2.33. The first-order valence-corrected chi connectivity index (χ1v) is 12.1. The van der Waals surface area contributed by atoms with E-state index in [1.807, 2.05) is 18.2 Å². The van der Waals surface area contributed by atoms with E-state index in [4.69, 9.17) is 14.2 Å². The van der Waals surface area contributed by atoms with Crippen molar-refractivity contribution in [3.05, 3.63) is 59.7 Å². The Labute approximate surface area is 216 Å². The number of carbonyl (C=O) groups is 1. The topological polar surface area (TPSA) is 89.1 Å². The maximum atomic E-state index is 14.7. The minimum Gasteiger partial charge on any atom is -0.495 e. The normalized spacial score (nSPS) is 13.8. The smallest absolute Gasteiger partial charge is 0.227 e. The van der Waals surface area contributed by atoms with Gasteiger partial charge in [-0.05, 0) is 31.3 Å². The van der Waals surface area contributed by atoms with Crippen LogP contribution in [0.25, 0.3) is 0 Å². The number of Topliss-reactive ketones (excluding diaryl/α,β-unsaturated/α-hetero) is 1. The fourth-order valence-corrected chi connectivity index (χ4v) is 4.08. The molecular formula is C27H32FN5O4. The van der Waals surface area contributed by atoms with E-state index in [1.54, 1.807) is 14.0 Å². The number of carbonyl (C=O) groups excluding carboxylic acids is 1. The van der Waals surface area contributed by atoms with Crippen molar-refractivity contribution >= 4 is 23.1 Å². The molecule has 3 aromatic rings. The number of methoxy groups -OCH3 is 2. The second kappa shape index (κ2) is 11.9. The highest BCUT2D eigenvalue weighted by atomic mass is 19.1. The van der Waals surface area contributed by atoms with Crippen molar-refractivity contribution in [1.29, 1.82) is 0 Å². The van der Waals surface area contributed by atoms with Crippen molar-refractivity contribution in [1.82, 2.24) is 14.9 Å². The second-order valence-corrected chi connectivity index (χ2v) is 8.76. The molecule has 2 heterocycles. The molecule has 196 valence electrons. The van der Waals surface area contributed by atoms with Gasteiger partial charge in [-0.1, -0.05) is 6.92 Å². The Morgan fingerprint density at radius 3 is 2.38 bits per heavy atom. The van der Waals surface area contributed by atoms with Crippen LogP contribution in [0.3, 0.4) is 0 Å². The van der Waals surface area contributed by atoms with Gasteiger partial charge in [0.1, 0.15) is 12.4 Å². The van der Waals surface area contributed by atoms with Gasteiger partial charge in [-0.25, -0.2) is 14.4 Å². The van der Waals surface area contributed by atoms with Gasteiger partial charge in [0.05, 0.1) is 32.3 Å². The number of nitrogens with zero attached hydrogens (tertiary/aromatic N) is 4. The van der Waals surface area contributed by atoms with Gasteiger partial charge in [-0.2, -0.15) is 0 Å². The van der Waals surface area contributed by atoms with Gasteiger partial charge in [0.25, 0.3) is 0 Å². The van der Waals surface area contributed by atoms with Crippen LogP contribution in [-0.2, 0) is 6.61 Å². The van der Waals surface area contributed by atoms with Crippen LogP contribution in [0.1, 0.15) is 29.3 Å². The van der Waals surface area contributed by atoms with E-state index in [9.17, 15) is 9.18 Å². The fourth-order valence-electron chi connectivity index (χ4n) is 4.08. The van der Waals surface area contributed by atoms with E-state index in [0.717, 1.165) is 43.3 Å². The van der Waals surface area contributed by atoms with Gasteiger partial charge in [0.15, 0.2) is 23.1 Å². The number of aromatic nitrogens is 2. The van der Waals surface area contributed by atoms with E-state index in [1.165, 1.54) is 31.6 Å². The molecule has 1 aromatic heterocycles. The Morgan fingerprint density at radius 1 is 1.03 bits per heavy atom. The molecule has 0 amide bonds. The zero-order valence-electron chi connectivity index (χ0n) is 21.6. The molecule has 1 saturated heterocycles. The molecule has 0 bridgehead atoms. The number of hydrogen-bond donors (Lipinski definition) is 1. The van der Waals surface area contributed by atoms with Crippen LogP contribution in [0.4, 0.5) is 21.7 Å². The Bertz CT molecular complexity index is 1230. The maximum absolute atomic E-state index is 14.7. The lowest BCUT2D eigenvalue weighted by Crippen LogP contribution is -2.44. The number of piperazine rings is 1. The first-order chi connectivity index (χ1) is 17.9. The lowest BCUT2D eigenvalue weighted by molar-refractivity contribution is 0.0987. The molecule has 0 spiro atoms. The number of ketones is 1. The van der Waals surface area contributed by atoms with Crippen molar-refractivity contribution in [3.63, 3.8) is 0 Å². The molecule has 0 atom stereocenters. The molecule has 0 unspecified atom stereocenters. The summed E-state index contributed by atoms with van der Waals surface area (Å²) in [4.78, 5) is 25.3. The summed E-state index contributed by atoms with van der Waals surface area (Å²) in [5.41, 5.74) is 2.43. The summed E-state index contributed by atoms with van der Waals surface area (Å²) in [6.07, 6.45) is 3.31. The molecular weight excluding hydrogens is 477 g/mol. The number of nitrogens with one attached hydrogen (secondary N) is 1. The molecule has 4 rings (SSSR count). The third-order valence-electron chi connectivity index (χ3n) is 6.28. The van der Waals surface area contributed by atoms with Crippen LogP contribution in [0.2, 0.25) is 0 Å². The SMILES string of the molecule is CCC(=O)c1cc(COc2cnc(Nc3ccc(N4CCN(C)CC4)c(OC)c3)nc2)c(F)c(OC)c1. The zero-order valence-corrected chi connectivity index (χ0v) is 21.6. The average molecular weight is 510 g/mol. The summed E-state index contributed by atoms with van der Waals surface area (Å²) in [5, 5.41) is 3.17. The van der Waals surface area contributed by atoms with Gasteiger partial charge in [0.2, 0.25) is 5.95 Å². The molecule has 1 aliphatic heterocycles. The summed E-state index contributed by atoms with van der Waals surface area (Å²) in [7, 11) is 5.15. The maximum Gasteiger partial charge on any atom is 0.227 e. The Hall–Kier alpha value is -3.92. The first kappa shape index (κ1) is 26.2. The molecule has 9 nitrogen and oxygen atoms in total. The minimum atomic E-state index is -0.566. The standard InChI is InChI=1S/C27H32FN5O4/c1-5-23(34)18-12-19(26(28)25(13-18)36-4)17-37-21-15-29-27(30-16-21)31-20-6-7-22(24(14-20)35-3)33-10-8-32(2)9-11-33/h6-7,12-16H,5,8-11,17H2,1-4H3,(H,29,30,31). The second-order valence-electron chi connectivity index (χ2n) is 8.76. The summed E-state index contributed by atoms with van der Waals surface area (Å²) < 4.78 is 31.1. The first-order valence-electron chi connectivity index (χ1n) is 12.1. The summed E-state index contributed by atoms with van der Waals surface area (Å²) in [5.74, 6) is 0.845. The average Bonchev–Trinajstić information content (AvgIpc) is 2.93. The largest absolute Gasteiger partial charge is 0.495 e. The third-order valence-corrected chi connectivity index (χ3v) is 6.28. The molecule has 37 heavy (non-hydrogen) atoms. The van der Waals surface area contributed by atoms with Crippen LogP contribution < -0.4 is 24.4 Å². The number of ether oxygens (including phenoxy) is 3. The van der Waals surface area contributed by atoms with Crippen molar-refractivity contribution in [2.45, 2.75) is 20.0 Å². The highest BCUT2D eigenvalue weighted by Gasteiger charge is 2.18. The van der Waals surface area contributed by atoms with Crippen LogP contribution in [0, 0.1) is 5.82 Å². The number of anilines is 3. The molecule has 1 aliphatic rings. The molecule has 2 aromatic carbocycles. The van der Waals surface area contributed by atoms with Gasteiger partial charge in [-0.3, -0.25) is 4.79 Å². The van der Waals surface area contributed by atoms with Crippen LogP contribution in [0.15, 0.2) is 42.7 Å². The van der Waals surface area contributed by atoms with Gasteiger partial charge < -0.3 is 29.3 Å².